The van der Waals surface area contributed by atoms with Gasteiger partial charge in [0.1, 0.15) is 11.6 Å². The number of benzene rings is 2. The molecular weight excluding hydrogens is 323 g/mol. The highest BCUT2D eigenvalue weighted by molar-refractivity contribution is 5.82. The molecule has 2 aromatic rings. The molecule has 0 spiro atoms. The van der Waals surface area contributed by atoms with Crippen molar-refractivity contribution in [2.45, 2.75) is 0 Å². The van der Waals surface area contributed by atoms with E-state index in [-0.39, 0.29) is 18.3 Å². The quantitative estimate of drug-likeness (QED) is 0.785. The molecule has 0 unspecified atom stereocenters. The van der Waals surface area contributed by atoms with E-state index >= 15 is 0 Å². The Bertz CT molecular complexity index is 741. The van der Waals surface area contributed by atoms with Gasteiger partial charge in [-0.15, -0.1) is 0 Å². The summed E-state index contributed by atoms with van der Waals surface area (Å²) < 4.78 is 24.2. The van der Waals surface area contributed by atoms with Crippen LogP contribution in [0.3, 0.4) is 0 Å². The van der Waals surface area contributed by atoms with E-state index in [0.29, 0.717) is 37.7 Å². The first-order chi connectivity index (χ1) is 12.2. The van der Waals surface area contributed by atoms with E-state index in [1.165, 1.54) is 6.07 Å². The van der Waals surface area contributed by atoms with Gasteiger partial charge in [-0.2, -0.15) is 0 Å². The van der Waals surface area contributed by atoms with E-state index in [0.717, 1.165) is 5.56 Å². The summed E-state index contributed by atoms with van der Waals surface area (Å²) in [4.78, 5) is 17.9. The predicted octanol–water partition coefficient (Wildman–Crippen LogP) is 2.81. The molecule has 0 aliphatic carbocycles. The SMILES string of the molecule is O=C(COc1ccc(C=Nc2ccccc2F)cc1)N1CCOCC1. The monoisotopic (exact) mass is 342 g/mol. The zero-order valence-corrected chi connectivity index (χ0v) is 13.7. The summed E-state index contributed by atoms with van der Waals surface area (Å²) in [7, 11) is 0. The molecule has 1 amide bonds. The second-order valence-electron chi connectivity index (χ2n) is 5.56. The normalized spacial score (nSPS) is 14.7. The first-order valence-electron chi connectivity index (χ1n) is 8.09. The van der Waals surface area contributed by atoms with Crippen LogP contribution in [0.4, 0.5) is 10.1 Å². The predicted molar refractivity (Wildman–Crippen MR) is 93.0 cm³/mol. The van der Waals surface area contributed by atoms with Gasteiger partial charge in [-0.25, -0.2) is 4.39 Å². The van der Waals surface area contributed by atoms with Crippen LogP contribution in [0.25, 0.3) is 0 Å². The first kappa shape index (κ1) is 17.1. The highest BCUT2D eigenvalue weighted by Gasteiger charge is 2.16. The van der Waals surface area contributed by atoms with Crippen LogP contribution in [0.1, 0.15) is 5.56 Å². The van der Waals surface area contributed by atoms with Crippen molar-refractivity contribution in [1.29, 1.82) is 0 Å². The van der Waals surface area contributed by atoms with Crippen molar-refractivity contribution in [3.63, 3.8) is 0 Å². The average molecular weight is 342 g/mol. The number of morpholine rings is 1. The van der Waals surface area contributed by atoms with Crippen molar-refractivity contribution in [3.05, 3.63) is 59.9 Å². The number of amides is 1. The van der Waals surface area contributed by atoms with Gasteiger partial charge in [0.25, 0.3) is 5.91 Å². The Labute approximate surface area is 145 Å². The molecule has 0 radical (unpaired) electrons. The van der Waals surface area contributed by atoms with Gasteiger partial charge in [0.15, 0.2) is 6.61 Å². The summed E-state index contributed by atoms with van der Waals surface area (Å²) in [5.41, 5.74) is 1.11. The van der Waals surface area contributed by atoms with Gasteiger partial charge in [-0.1, -0.05) is 12.1 Å². The largest absolute Gasteiger partial charge is 0.484 e. The second-order valence-corrected chi connectivity index (χ2v) is 5.56. The third-order valence-electron chi connectivity index (χ3n) is 3.81. The minimum absolute atomic E-state index is 0.00264. The maximum Gasteiger partial charge on any atom is 0.260 e. The lowest BCUT2D eigenvalue weighted by molar-refractivity contribution is -0.137. The van der Waals surface area contributed by atoms with Crippen molar-refractivity contribution in [3.8, 4) is 5.75 Å². The molecule has 0 atom stereocenters. The molecule has 0 bridgehead atoms. The number of nitrogens with zero attached hydrogens (tertiary/aromatic N) is 2. The Balaban J connectivity index is 1.53. The Morgan fingerprint density at radius 2 is 1.88 bits per heavy atom. The smallest absolute Gasteiger partial charge is 0.260 e. The number of ether oxygens (including phenoxy) is 2. The van der Waals surface area contributed by atoms with Gasteiger partial charge in [0, 0.05) is 19.3 Å². The fourth-order valence-corrected chi connectivity index (χ4v) is 2.40. The molecule has 1 heterocycles. The molecule has 0 aromatic heterocycles. The van der Waals surface area contributed by atoms with E-state index in [2.05, 4.69) is 4.99 Å². The van der Waals surface area contributed by atoms with E-state index < -0.39 is 0 Å². The van der Waals surface area contributed by atoms with Crippen molar-refractivity contribution in [2.24, 2.45) is 4.99 Å². The van der Waals surface area contributed by atoms with Crippen molar-refractivity contribution in [1.82, 2.24) is 4.90 Å². The summed E-state index contributed by atoms with van der Waals surface area (Å²) in [6, 6.07) is 13.5. The highest BCUT2D eigenvalue weighted by atomic mass is 19.1. The molecule has 3 rings (SSSR count). The van der Waals surface area contributed by atoms with E-state index in [4.69, 9.17) is 9.47 Å². The number of aliphatic imine (C=N–C) groups is 1. The van der Waals surface area contributed by atoms with E-state index in [1.54, 1.807) is 53.6 Å². The molecule has 1 fully saturated rings. The van der Waals surface area contributed by atoms with Gasteiger partial charge in [-0.05, 0) is 42.0 Å². The minimum atomic E-state index is -0.361. The van der Waals surface area contributed by atoms with Crippen LogP contribution in [0, 0.1) is 5.82 Å². The van der Waals surface area contributed by atoms with Crippen molar-refractivity contribution >= 4 is 17.8 Å². The van der Waals surface area contributed by atoms with Crippen LogP contribution in [-0.2, 0) is 9.53 Å². The molecular formula is C19H19FN2O3. The van der Waals surface area contributed by atoms with Crippen molar-refractivity contribution < 1.29 is 18.7 Å². The molecule has 25 heavy (non-hydrogen) atoms. The topological polar surface area (TPSA) is 51.1 Å². The van der Waals surface area contributed by atoms with Crippen LogP contribution in [0.5, 0.6) is 5.75 Å². The Hall–Kier alpha value is -2.73. The Kier molecular flexibility index (Phi) is 5.74. The van der Waals surface area contributed by atoms with Crippen LogP contribution in [-0.4, -0.2) is 49.9 Å². The zero-order valence-electron chi connectivity index (χ0n) is 13.7. The number of halogens is 1. The first-order valence-corrected chi connectivity index (χ1v) is 8.09. The maximum absolute atomic E-state index is 13.5. The number of carbonyl (C=O) groups is 1. The Morgan fingerprint density at radius 3 is 2.60 bits per heavy atom. The average Bonchev–Trinajstić information content (AvgIpc) is 2.67. The van der Waals surface area contributed by atoms with Crippen LogP contribution < -0.4 is 4.74 Å². The van der Waals surface area contributed by atoms with E-state index in [9.17, 15) is 9.18 Å². The zero-order chi connectivity index (χ0) is 17.5. The lowest BCUT2D eigenvalue weighted by Gasteiger charge is -2.26. The Morgan fingerprint density at radius 1 is 1.16 bits per heavy atom. The molecule has 1 aliphatic rings. The molecule has 130 valence electrons. The molecule has 2 aromatic carbocycles. The molecule has 5 nitrogen and oxygen atoms in total. The van der Waals surface area contributed by atoms with Crippen molar-refractivity contribution in [2.75, 3.05) is 32.9 Å². The lowest BCUT2D eigenvalue weighted by atomic mass is 10.2. The lowest BCUT2D eigenvalue weighted by Crippen LogP contribution is -2.42. The van der Waals surface area contributed by atoms with Gasteiger partial charge in [0.05, 0.1) is 18.9 Å². The highest BCUT2D eigenvalue weighted by Crippen LogP contribution is 2.17. The standard InChI is InChI=1S/C19H19FN2O3/c20-17-3-1-2-4-18(17)21-13-15-5-7-16(8-6-15)25-14-19(23)22-9-11-24-12-10-22/h1-8,13H,9-12,14H2. The van der Waals surface area contributed by atoms with Gasteiger partial charge in [0.2, 0.25) is 0 Å². The summed E-state index contributed by atoms with van der Waals surface area (Å²) in [5.74, 6) is 0.193. The van der Waals surface area contributed by atoms with Gasteiger partial charge in [-0.3, -0.25) is 9.79 Å². The molecule has 6 heteroatoms. The second kappa shape index (κ2) is 8.39. The van der Waals surface area contributed by atoms with Gasteiger partial charge < -0.3 is 14.4 Å². The number of para-hydroxylation sites is 1. The van der Waals surface area contributed by atoms with Crippen LogP contribution in [0.2, 0.25) is 0 Å². The number of rotatable bonds is 5. The fourth-order valence-electron chi connectivity index (χ4n) is 2.40. The molecule has 1 aliphatic heterocycles. The minimum Gasteiger partial charge on any atom is -0.484 e. The molecule has 1 saturated heterocycles. The summed E-state index contributed by atoms with van der Waals surface area (Å²) in [6.45, 7) is 2.35. The molecule has 0 N–H and O–H groups in total. The van der Waals surface area contributed by atoms with E-state index in [1.807, 2.05) is 0 Å². The number of hydrogen-bond acceptors (Lipinski definition) is 4. The number of carbonyl (C=O) groups excluding carboxylic acids is 1. The third kappa shape index (κ3) is 4.87. The van der Waals surface area contributed by atoms with Crippen LogP contribution >= 0.6 is 0 Å². The van der Waals surface area contributed by atoms with Crippen LogP contribution in [0.15, 0.2) is 53.5 Å². The fraction of sp³-hybridized carbons (Fsp3) is 0.263. The summed E-state index contributed by atoms with van der Waals surface area (Å²) in [6.07, 6.45) is 1.58. The number of hydrogen-bond donors (Lipinski definition) is 0. The summed E-state index contributed by atoms with van der Waals surface area (Å²) >= 11 is 0. The summed E-state index contributed by atoms with van der Waals surface area (Å²) in [5, 5.41) is 0. The maximum atomic E-state index is 13.5. The third-order valence-corrected chi connectivity index (χ3v) is 3.81. The van der Waals surface area contributed by atoms with Gasteiger partial charge >= 0.3 is 0 Å². The molecule has 0 saturated carbocycles.